The largest absolute Gasteiger partial charge is 0.439 e. The molecule has 0 radical (unpaired) electrons. The molecule has 2 rings (SSSR count). The van der Waals surface area contributed by atoms with Gasteiger partial charge in [-0.2, -0.15) is 4.98 Å². The molecule has 0 aliphatic rings. The smallest absolute Gasteiger partial charge is 0.222 e. The van der Waals surface area contributed by atoms with Gasteiger partial charge in [0, 0.05) is 18.8 Å². The highest BCUT2D eigenvalue weighted by molar-refractivity contribution is 5.30. The molecule has 0 aliphatic heterocycles. The van der Waals surface area contributed by atoms with Crippen LogP contribution in [-0.4, -0.2) is 17.0 Å². The van der Waals surface area contributed by atoms with Gasteiger partial charge in [-0.3, -0.25) is 0 Å². The summed E-state index contributed by atoms with van der Waals surface area (Å²) in [5.41, 5.74) is 1.22. The predicted molar refractivity (Wildman–Crippen MR) is 66.0 cm³/mol. The maximum absolute atomic E-state index is 5.62. The van der Waals surface area contributed by atoms with Crippen LogP contribution in [0.25, 0.3) is 0 Å². The van der Waals surface area contributed by atoms with Gasteiger partial charge in [0.25, 0.3) is 0 Å². The number of ether oxygens (including phenoxy) is 1. The normalized spacial score (nSPS) is 10.2. The first-order valence-electron chi connectivity index (χ1n) is 5.49. The number of rotatable bonds is 4. The minimum Gasteiger partial charge on any atom is -0.439 e. The molecule has 1 heterocycles. The summed E-state index contributed by atoms with van der Waals surface area (Å²) in [5, 5.41) is 3.10. The van der Waals surface area contributed by atoms with Crippen molar-refractivity contribution in [2.45, 2.75) is 13.5 Å². The Hall–Kier alpha value is -1.94. The molecule has 1 aromatic carbocycles. The van der Waals surface area contributed by atoms with E-state index in [2.05, 4.69) is 15.3 Å². The highest BCUT2D eigenvalue weighted by Crippen LogP contribution is 2.19. The van der Waals surface area contributed by atoms with Gasteiger partial charge in [-0.1, -0.05) is 12.1 Å². The molecule has 0 unspecified atom stereocenters. The van der Waals surface area contributed by atoms with Crippen molar-refractivity contribution in [3.05, 3.63) is 47.9 Å². The molecule has 88 valence electrons. The fourth-order valence-electron chi connectivity index (χ4n) is 1.49. The van der Waals surface area contributed by atoms with E-state index < -0.39 is 0 Å². The van der Waals surface area contributed by atoms with Gasteiger partial charge in [-0.25, -0.2) is 4.98 Å². The summed E-state index contributed by atoms with van der Waals surface area (Å²) >= 11 is 0. The lowest BCUT2D eigenvalue weighted by atomic mass is 10.2. The second kappa shape index (κ2) is 5.41. The zero-order chi connectivity index (χ0) is 12.1. The van der Waals surface area contributed by atoms with Crippen LogP contribution in [0.1, 0.15) is 11.4 Å². The van der Waals surface area contributed by atoms with Crippen LogP contribution in [0.2, 0.25) is 0 Å². The Morgan fingerprint density at radius 3 is 2.59 bits per heavy atom. The second-order valence-electron chi connectivity index (χ2n) is 3.72. The quantitative estimate of drug-likeness (QED) is 0.873. The standard InChI is InChI=1S/C13H15N3O/c1-10-15-8-7-13(16-10)17-12-5-3-11(4-6-12)9-14-2/h3-8,14H,9H2,1-2H3. The van der Waals surface area contributed by atoms with E-state index in [0.717, 1.165) is 12.3 Å². The first-order chi connectivity index (χ1) is 8.28. The van der Waals surface area contributed by atoms with Crippen molar-refractivity contribution in [2.75, 3.05) is 7.05 Å². The molecule has 0 amide bonds. The van der Waals surface area contributed by atoms with Crippen molar-refractivity contribution in [3.8, 4) is 11.6 Å². The summed E-state index contributed by atoms with van der Waals surface area (Å²) in [7, 11) is 1.92. The number of aryl methyl sites for hydroxylation is 1. The Labute approximate surface area is 101 Å². The topological polar surface area (TPSA) is 47.0 Å². The number of benzene rings is 1. The zero-order valence-electron chi connectivity index (χ0n) is 9.97. The summed E-state index contributed by atoms with van der Waals surface area (Å²) in [6.45, 7) is 2.69. The molecular weight excluding hydrogens is 214 g/mol. The highest BCUT2D eigenvalue weighted by Gasteiger charge is 1.99. The molecule has 0 saturated heterocycles. The van der Waals surface area contributed by atoms with Crippen LogP contribution in [0, 0.1) is 6.92 Å². The number of aromatic nitrogens is 2. The highest BCUT2D eigenvalue weighted by atomic mass is 16.5. The van der Waals surface area contributed by atoms with Crippen LogP contribution >= 0.6 is 0 Å². The molecular formula is C13H15N3O. The van der Waals surface area contributed by atoms with Crippen LogP contribution in [0.4, 0.5) is 0 Å². The summed E-state index contributed by atoms with van der Waals surface area (Å²) in [4.78, 5) is 8.20. The minimum absolute atomic E-state index is 0.568. The molecule has 0 spiro atoms. The molecule has 0 fully saturated rings. The van der Waals surface area contributed by atoms with Gasteiger partial charge in [0.15, 0.2) is 0 Å². The lowest BCUT2D eigenvalue weighted by molar-refractivity contribution is 0.459. The molecule has 4 heteroatoms. The van der Waals surface area contributed by atoms with Crippen molar-refractivity contribution in [2.24, 2.45) is 0 Å². The molecule has 17 heavy (non-hydrogen) atoms. The van der Waals surface area contributed by atoms with E-state index in [4.69, 9.17) is 4.74 Å². The summed E-state index contributed by atoms with van der Waals surface area (Å²) in [6, 6.07) is 9.67. The van der Waals surface area contributed by atoms with Crippen LogP contribution < -0.4 is 10.1 Å². The molecule has 1 aromatic heterocycles. The molecule has 0 saturated carbocycles. The van der Waals surface area contributed by atoms with E-state index in [1.165, 1.54) is 5.56 Å². The Morgan fingerprint density at radius 1 is 1.18 bits per heavy atom. The van der Waals surface area contributed by atoms with Crippen molar-refractivity contribution >= 4 is 0 Å². The van der Waals surface area contributed by atoms with Gasteiger partial charge in [0.05, 0.1) is 0 Å². The van der Waals surface area contributed by atoms with Gasteiger partial charge in [0.2, 0.25) is 5.88 Å². The van der Waals surface area contributed by atoms with E-state index >= 15 is 0 Å². The average Bonchev–Trinajstić information content (AvgIpc) is 2.32. The van der Waals surface area contributed by atoms with Crippen LogP contribution in [0.5, 0.6) is 11.6 Å². The number of hydrogen-bond donors (Lipinski definition) is 1. The first kappa shape index (κ1) is 11.5. The molecule has 0 bridgehead atoms. The van der Waals surface area contributed by atoms with Gasteiger partial charge in [0.1, 0.15) is 11.6 Å². The van der Waals surface area contributed by atoms with Crippen molar-refractivity contribution in [1.29, 1.82) is 0 Å². The summed E-state index contributed by atoms with van der Waals surface area (Å²) in [5.74, 6) is 2.05. The third-order valence-corrected chi connectivity index (χ3v) is 2.28. The lowest BCUT2D eigenvalue weighted by Gasteiger charge is -2.06. The van der Waals surface area contributed by atoms with Crippen LogP contribution in [-0.2, 0) is 6.54 Å². The third kappa shape index (κ3) is 3.26. The third-order valence-electron chi connectivity index (χ3n) is 2.28. The van der Waals surface area contributed by atoms with E-state index in [9.17, 15) is 0 Å². The van der Waals surface area contributed by atoms with E-state index in [0.29, 0.717) is 11.7 Å². The minimum atomic E-state index is 0.568. The Bertz CT molecular complexity index is 482. The Kier molecular flexibility index (Phi) is 3.67. The molecule has 0 aliphatic carbocycles. The predicted octanol–water partition coefficient (Wildman–Crippen LogP) is 2.30. The SMILES string of the molecule is CNCc1ccc(Oc2ccnc(C)n2)cc1. The van der Waals surface area contributed by atoms with Gasteiger partial charge < -0.3 is 10.1 Å². The molecule has 2 aromatic rings. The van der Waals surface area contributed by atoms with Crippen LogP contribution in [0.15, 0.2) is 36.5 Å². The van der Waals surface area contributed by atoms with Crippen LogP contribution in [0.3, 0.4) is 0 Å². The lowest BCUT2D eigenvalue weighted by Crippen LogP contribution is -2.04. The fraction of sp³-hybridized carbons (Fsp3) is 0.231. The van der Waals surface area contributed by atoms with E-state index in [1.54, 1.807) is 12.3 Å². The molecule has 4 nitrogen and oxygen atoms in total. The van der Waals surface area contributed by atoms with E-state index in [1.807, 2.05) is 38.2 Å². The first-order valence-corrected chi connectivity index (χ1v) is 5.49. The van der Waals surface area contributed by atoms with Gasteiger partial charge >= 0.3 is 0 Å². The number of nitrogens with zero attached hydrogens (tertiary/aromatic N) is 2. The zero-order valence-corrected chi connectivity index (χ0v) is 9.97. The summed E-state index contributed by atoms with van der Waals surface area (Å²) < 4.78 is 5.62. The monoisotopic (exact) mass is 229 g/mol. The van der Waals surface area contributed by atoms with Crippen molar-refractivity contribution < 1.29 is 4.74 Å². The second-order valence-corrected chi connectivity index (χ2v) is 3.72. The number of hydrogen-bond acceptors (Lipinski definition) is 4. The average molecular weight is 229 g/mol. The molecule has 0 atom stereocenters. The van der Waals surface area contributed by atoms with Gasteiger partial charge in [-0.15, -0.1) is 0 Å². The van der Waals surface area contributed by atoms with Gasteiger partial charge in [-0.05, 0) is 31.7 Å². The maximum Gasteiger partial charge on any atom is 0.222 e. The summed E-state index contributed by atoms with van der Waals surface area (Å²) in [6.07, 6.45) is 1.69. The number of nitrogens with one attached hydrogen (secondary N) is 1. The van der Waals surface area contributed by atoms with Crippen molar-refractivity contribution in [1.82, 2.24) is 15.3 Å². The Balaban J connectivity index is 2.08. The maximum atomic E-state index is 5.62. The van der Waals surface area contributed by atoms with Crippen molar-refractivity contribution in [3.63, 3.8) is 0 Å². The van der Waals surface area contributed by atoms with E-state index in [-0.39, 0.29) is 0 Å². The molecule has 1 N–H and O–H groups in total. The fourth-order valence-corrected chi connectivity index (χ4v) is 1.49. The Morgan fingerprint density at radius 2 is 1.94 bits per heavy atom.